The van der Waals surface area contributed by atoms with Crippen LogP contribution in [0.25, 0.3) is 0 Å². The van der Waals surface area contributed by atoms with Crippen molar-refractivity contribution in [2.24, 2.45) is 0 Å². The first-order valence-corrected chi connectivity index (χ1v) is 4.24. The van der Waals surface area contributed by atoms with E-state index in [0.29, 0.717) is 12.2 Å². The van der Waals surface area contributed by atoms with Crippen molar-refractivity contribution in [3.63, 3.8) is 0 Å². The van der Waals surface area contributed by atoms with E-state index in [4.69, 9.17) is 0 Å². The normalized spacial score (nSPS) is 9.83. The van der Waals surface area contributed by atoms with E-state index in [2.05, 4.69) is 10.3 Å². The lowest BCUT2D eigenvalue weighted by atomic mass is 10.2. The Morgan fingerprint density at radius 3 is 2.92 bits per heavy atom. The predicted molar refractivity (Wildman–Crippen MR) is 48.2 cm³/mol. The van der Waals surface area contributed by atoms with E-state index in [1.165, 1.54) is 0 Å². The molecule has 0 aliphatic heterocycles. The maximum absolute atomic E-state index is 11.3. The summed E-state index contributed by atoms with van der Waals surface area (Å²) in [4.78, 5) is 14.3. The number of hydrogen-bond donors (Lipinski definition) is 2. The number of carbonyl (C=O) groups excluding carboxylic acids is 1. The van der Waals surface area contributed by atoms with Crippen LogP contribution in [0.1, 0.15) is 29.9 Å². The summed E-state index contributed by atoms with van der Waals surface area (Å²) in [5.41, 5.74) is 1.76. The molecular weight excluding hydrogens is 152 g/mol. The Morgan fingerprint density at radius 2 is 2.33 bits per heavy atom. The smallest absolute Gasteiger partial charge is 0.267 e. The zero-order valence-electron chi connectivity index (χ0n) is 7.48. The fourth-order valence-corrected chi connectivity index (χ4v) is 1.16. The van der Waals surface area contributed by atoms with Gasteiger partial charge in [-0.15, -0.1) is 0 Å². The number of aromatic amines is 1. The Balaban J connectivity index is 2.79. The molecule has 0 aliphatic rings. The van der Waals surface area contributed by atoms with Crippen LogP contribution >= 0.6 is 0 Å². The van der Waals surface area contributed by atoms with Gasteiger partial charge in [-0.25, -0.2) is 0 Å². The molecule has 1 aromatic heterocycles. The van der Waals surface area contributed by atoms with Gasteiger partial charge in [0, 0.05) is 12.7 Å². The van der Waals surface area contributed by atoms with Gasteiger partial charge in [-0.1, -0.05) is 6.92 Å². The molecule has 0 atom stereocenters. The summed E-state index contributed by atoms with van der Waals surface area (Å²) in [7, 11) is 0. The number of aryl methyl sites for hydroxylation is 1. The second-order valence-corrected chi connectivity index (χ2v) is 2.59. The van der Waals surface area contributed by atoms with Crippen LogP contribution in [-0.4, -0.2) is 17.4 Å². The third-order valence-corrected chi connectivity index (χ3v) is 1.78. The topological polar surface area (TPSA) is 44.9 Å². The molecule has 1 rings (SSSR count). The highest BCUT2D eigenvalue weighted by atomic mass is 16.1. The summed E-state index contributed by atoms with van der Waals surface area (Å²) in [6.07, 6.45) is 2.68. The van der Waals surface area contributed by atoms with Gasteiger partial charge in [-0.2, -0.15) is 0 Å². The molecule has 0 aliphatic carbocycles. The Kier molecular flexibility index (Phi) is 2.91. The zero-order valence-corrected chi connectivity index (χ0v) is 7.48. The minimum atomic E-state index is -0.0145. The molecule has 0 radical (unpaired) electrons. The summed E-state index contributed by atoms with van der Waals surface area (Å²) in [5.74, 6) is -0.0145. The first-order chi connectivity index (χ1) is 5.79. The van der Waals surface area contributed by atoms with Crippen molar-refractivity contribution in [1.82, 2.24) is 10.3 Å². The molecule has 0 unspecified atom stereocenters. The molecule has 0 bridgehead atoms. The van der Waals surface area contributed by atoms with Crippen LogP contribution in [0.2, 0.25) is 0 Å². The van der Waals surface area contributed by atoms with Crippen LogP contribution in [0.5, 0.6) is 0 Å². The maximum Gasteiger partial charge on any atom is 0.267 e. The minimum Gasteiger partial charge on any atom is -0.357 e. The largest absolute Gasteiger partial charge is 0.357 e. The third kappa shape index (κ3) is 1.67. The molecule has 1 amide bonds. The Bertz CT molecular complexity index is 265. The van der Waals surface area contributed by atoms with Crippen molar-refractivity contribution < 1.29 is 4.79 Å². The first-order valence-electron chi connectivity index (χ1n) is 4.24. The molecule has 0 fully saturated rings. The average molecular weight is 166 g/mol. The maximum atomic E-state index is 11.3. The van der Waals surface area contributed by atoms with Crippen molar-refractivity contribution >= 4 is 5.91 Å². The highest BCUT2D eigenvalue weighted by Crippen LogP contribution is 2.06. The summed E-state index contributed by atoms with van der Waals surface area (Å²) in [6.45, 7) is 4.61. The van der Waals surface area contributed by atoms with Crippen molar-refractivity contribution in [3.8, 4) is 0 Å². The summed E-state index contributed by atoms with van der Waals surface area (Å²) < 4.78 is 0. The van der Waals surface area contributed by atoms with Crippen LogP contribution in [-0.2, 0) is 6.42 Å². The van der Waals surface area contributed by atoms with Crippen LogP contribution in [0.15, 0.2) is 12.3 Å². The van der Waals surface area contributed by atoms with Crippen LogP contribution in [0.3, 0.4) is 0 Å². The van der Waals surface area contributed by atoms with Crippen molar-refractivity contribution in [1.29, 1.82) is 0 Å². The van der Waals surface area contributed by atoms with Gasteiger partial charge in [0.2, 0.25) is 0 Å². The number of nitrogens with one attached hydrogen (secondary N) is 2. The number of hydrogen-bond acceptors (Lipinski definition) is 1. The molecule has 0 spiro atoms. The second kappa shape index (κ2) is 3.95. The molecule has 12 heavy (non-hydrogen) atoms. The molecule has 2 N–H and O–H groups in total. The molecule has 0 saturated carbocycles. The van der Waals surface area contributed by atoms with E-state index in [-0.39, 0.29) is 5.91 Å². The average Bonchev–Trinajstić information content (AvgIpc) is 2.51. The lowest BCUT2D eigenvalue weighted by Crippen LogP contribution is -2.23. The van der Waals surface area contributed by atoms with Crippen LogP contribution in [0, 0.1) is 0 Å². The number of aromatic nitrogens is 1. The van der Waals surface area contributed by atoms with E-state index < -0.39 is 0 Å². The summed E-state index contributed by atoms with van der Waals surface area (Å²) >= 11 is 0. The van der Waals surface area contributed by atoms with E-state index in [9.17, 15) is 4.79 Å². The van der Waals surface area contributed by atoms with Gasteiger partial charge >= 0.3 is 0 Å². The Morgan fingerprint density at radius 1 is 1.58 bits per heavy atom. The molecule has 3 nitrogen and oxygen atoms in total. The van der Waals surface area contributed by atoms with Crippen molar-refractivity contribution in [2.75, 3.05) is 6.54 Å². The lowest BCUT2D eigenvalue weighted by Gasteiger charge is -2.01. The molecule has 1 heterocycles. The fourth-order valence-electron chi connectivity index (χ4n) is 1.16. The number of carbonyl (C=O) groups is 1. The van der Waals surface area contributed by atoms with Gasteiger partial charge in [0.25, 0.3) is 5.91 Å². The molecule has 3 heteroatoms. The highest BCUT2D eigenvalue weighted by molar-refractivity contribution is 5.93. The quantitative estimate of drug-likeness (QED) is 0.699. The predicted octanol–water partition coefficient (Wildman–Crippen LogP) is 1.33. The van der Waals surface area contributed by atoms with Gasteiger partial charge in [0.15, 0.2) is 0 Å². The van der Waals surface area contributed by atoms with Crippen LogP contribution in [0.4, 0.5) is 0 Å². The molecule has 0 aromatic carbocycles. The molecule has 66 valence electrons. The fraction of sp³-hybridized carbons (Fsp3) is 0.444. The highest BCUT2D eigenvalue weighted by Gasteiger charge is 2.09. The SMILES string of the molecule is CCNC(=O)c1[nH]ccc1CC. The van der Waals surface area contributed by atoms with E-state index in [0.717, 1.165) is 12.0 Å². The number of H-pyrrole nitrogens is 1. The van der Waals surface area contributed by atoms with E-state index in [1.807, 2.05) is 19.9 Å². The lowest BCUT2D eigenvalue weighted by molar-refractivity contribution is 0.0950. The van der Waals surface area contributed by atoms with Gasteiger partial charge in [0.05, 0.1) is 0 Å². The summed E-state index contributed by atoms with van der Waals surface area (Å²) in [5, 5.41) is 2.75. The summed E-state index contributed by atoms with van der Waals surface area (Å²) in [6, 6.07) is 1.94. The molecule has 0 saturated heterocycles. The first kappa shape index (κ1) is 8.84. The molecular formula is C9H14N2O. The Hall–Kier alpha value is -1.25. The minimum absolute atomic E-state index is 0.0145. The van der Waals surface area contributed by atoms with Crippen LogP contribution < -0.4 is 5.32 Å². The van der Waals surface area contributed by atoms with Gasteiger partial charge in [-0.3, -0.25) is 4.79 Å². The van der Waals surface area contributed by atoms with Crippen molar-refractivity contribution in [2.45, 2.75) is 20.3 Å². The van der Waals surface area contributed by atoms with E-state index >= 15 is 0 Å². The standard InChI is InChI=1S/C9H14N2O/c1-3-7-5-6-11-8(7)9(12)10-4-2/h5-6,11H,3-4H2,1-2H3,(H,10,12). The third-order valence-electron chi connectivity index (χ3n) is 1.78. The number of rotatable bonds is 3. The van der Waals surface area contributed by atoms with E-state index in [1.54, 1.807) is 6.20 Å². The monoisotopic (exact) mass is 166 g/mol. The van der Waals surface area contributed by atoms with Gasteiger partial charge in [-0.05, 0) is 25.0 Å². The zero-order chi connectivity index (χ0) is 8.97. The second-order valence-electron chi connectivity index (χ2n) is 2.59. The van der Waals surface area contributed by atoms with Crippen molar-refractivity contribution in [3.05, 3.63) is 23.5 Å². The Labute approximate surface area is 72.2 Å². The number of amides is 1. The molecule has 1 aromatic rings. The van der Waals surface area contributed by atoms with Gasteiger partial charge < -0.3 is 10.3 Å². The van der Waals surface area contributed by atoms with Gasteiger partial charge in [0.1, 0.15) is 5.69 Å².